The van der Waals surface area contributed by atoms with Crippen LogP contribution in [-0.4, -0.2) is 22.7 Å². The number of nitrogens with zero attached hydrogens (tertiary/aromatic N) is 2. The quantitative estimate of drug-likeness (QED) is 0.698. The normalized spacial score (nSPS) is 11.2. The Labute approximate surface area is 152 Å². The molecule has 0 saturated carbocycles. The highest BCUT2D eigenvalue weighted by atomic mass is 19.4. The van der Waals surface area contributed by atoms with E-state index in [1.54, 1.807) is 12.1 Å². The summed E-state index contributed by atoms with van der Waals surface area (Å²) in [5.74, 6) is 0.251. The molecular weight excluding hydrogens is 363 g/mol. The van der Waals surface area contributed by atoms with E-state index in [1.807, 2.05) is 18.2 Å². The molecular formula is C18H14F3N3O3. The molecule has 2 aromatic carbocycles. The van der Waals surface area contributed by atoms with E-state index in [-0.39, 0.29) is 24.9 Å². The minimum atomic E-state index is -4.42. The van der Waals surface area contributed by atoms with Crippen molar-refractivity contribution in [2.75, 3.05) is 11.9 Å². The standard InChI is InChI=1S/C18H14F3N3O3/c19-18(20,21)13-8-6-12(7-9-13)16-23-24-17(27-16)22-15(25)10-11-26-14-4-2-1-3-5-14/h1-9H,10-11H2,(H,22,24,25). The van der Waals surface area contributed by atoms with Crippen LogP contribution in [0, 0.1) is 0 Å². The molecule has 0 fully saturated rings. The van der Waals surface area contributed by atoms with Crippen LogP contribution in [0.15, 0.2) is 59.0 Å². The van der Waals surface area contributed by atoms with Crippen molar-refractivity contribution in [2.24, 2.45) is 0 Å². The van der Waals surface area contributed by atoms with E-state index in [4.69, 9.17) is 9.15 Å². The number of benzene rings is 2. The molecule has 1 aromatic heterocycles. The summed E-state index contributed by atoms with van der Waals surface area (Å²) in [7, 11) is 0. The second kappa shape index (κ2) is 7.90. The van der Waals surface area contributed by atoms with Gasteiger partial charge in [-0.2, -0.15) is 13.2 Å². The first kappa shape index (κ1) is 18.4. The van der Waals surface area contributed by atoms with E-state index < -0.39 is 17.6 Å². The van der Waals surface area contributed by atoms with E-state index in [0.29, 0.717) is 11.3 Å². The zero-order valence-corrected chi connectivity index (χ0v) is 13.9. The molecule has 0 saturated heterocycles. The Kier molecular flexibility index (Phi) is 5.39. The number of hydrogen-bond donors (Lipinski definition) is 1. The number of rotatable bonds is 6. The van der Waals surface area contributed by atoms with Crippen LogP contribution in [0.3, 0.4) is 0 Å². The van der Waals surface area contributed by atoms with Crippen molar-refractivity contribution in [3.05, 3.63) is 60.2 Å². The minimum Gasteiger partial charge on any atom is -0.493 e. The fraction of sp³-hybridized carbons (Fsp3) is 0.167. The van der Waals surface area contributed by atoms with Crippen LogP contribution in [0.2, 0.25) is 0 Å². The number of aromatic nitrogens is 2. The van der Waals surface area contributed by atoms with Crippen LogP contribution in [0.4, 0.5) is 19.2 Å². The van der Waals surface area contributed by atoms with Gasteiger partial charge in [-0.25, -0.2) is 0 Å². The monoisotopic (exact) mass is 377 g/mol. The summed E-state index contributed by atoms with van der Waals surface area (Å²) in [6.07, 6.45) is -4.36. The van der Waals surface area contributed by atoms with Crippen LogP contribution < -0.4 is 10.1 Å². The molecule has 0 atom stereocenters. The third kappa shape index (κ3) is 5.06. The summed E-state index contributed by atoms with van der Waals surface area (Å²) >= 11 is 0. The molecule has 1 heterocycles. The number of hydrogen-bond acceptors (Lipinski definition) is 5. The highest BCUT2D eigenvalue weighted by Crippen LogP contribution is 2.30. The van der Waals surface area contributed by atoms with Gasteiger partial charge in [-0.15, -0.1) is 5.10 Å². The fourth-order valence-electron chi connectivity index (χ4n) is 2.15. The Hall–Kier alpha value is -3.36. The second-order valence-corrected chi connectivity index (χ2v) is 5.45. The number of para-hydroxylation sites is 1. The lowest BCUT2D eigenvalue weighted by Gasteiger charge is -2.06. The molecule has 0 aliphatic carbocycles. The summed E-state index contributed by atoms with van der Waals surface area (Å²) in [5.41, 5.74) is -0.471. The SMILES string of the molecule is O=C(CCOc1ccccc1)Nc1nnc(-c2ccc(C(F)(F)F)cc2)o1. The number of carbonyl (C=O) groups is 1. The predicted molar refractivity (Wildman–Crippen MR) is 89.9 cm³/mol. The van der Waals surface area contributed by atoms with E-state index in [1.165, 1.54) is 12.1 Å². The molecule has 9 heteroatoms. The second-order valence-electron chi connectivity index (χ2n) is 5.45. The largest absolute Gasteiger partial charge is 0.493 e. The van der Waals surface area contributed by atoms with Gasteiger partial charge in [-0.1, -0.05) is 23.3 Å². The number of ether oxygens (including phenoxy) is 1. The molecule has 3 rings (SSSR count). The molecule has 1 N–H and O–H groups in total. The maximum Gasteiger partial charge on any atom is 0.416 e. The smallest absolute Gasteiger partial charge is 0.416 e. The first-order chi connectivity index (χ1) is 12.9. The molecule has 6 nitrogen and oxygen atoms in total. The van der Waals surface area contributed by atoms with E-state index in [2.05, 4.69) is 15.5 Å². The Morgan fingerprint density at radius 1 is 1.04 bits per heavy atom. The maximum absolute atomic E-state index is 12.6. The number of alkyl halides is 3. The van der Waals surface area contributed by atoms with Crippen molar-refractivity contribution in [2.45, 2.75) is 12.6 Å². The molecule has 0 aliphatic heterocycles. The molecule has 0 radical (unpaired) electrons. The van der Waals surface area contributed by atoms with Gasteiger partial charge in [0.15, 0.2) is 0 Å². The third-order valence-corrected chi connectivity index (χ3v) is 3.47. The fourth-order valence-corrected chi connectivity index (χ4v) is 2.15. The van der Waals surface area contributed by atoms with Crippen molar-refractivity contribution in [3.8, 4) is 17.2 Å². The number of carbonyl (C=O) groups excluding carboxylic acids is 1. The van der Waals surface area contributed by atoms with Crippen molar-refractivity contribution in [1.29, 1.82) is 0 Å². The average molecular weight is 377 g/mol. The van der Waals surface area contributed by atoms with Gasteiger partial charge in [0.25, 0.3) is 0 Å². The molecule has 140 valence electrons. The summed E-state index contributed by atoms with van der Waals surface area (Å²) in [5, 5.41) is 9.79. The summed E-state index contributed by atoms with van der Waals surface area (Å²) < 4.78 is 48.4. The van der Waals surface area contributed by atoms with Crippen LogP contribution in [0.5, 0.6) is 5.75 Å². The van der Waals surface area contributed by atoms with E-state index in [0.717, 1.165) is 12.1 Å². The average Bonchev–Trinajstić information content (AvgIpc) is 3.10. The Morgan fingerprint density at radius 3 is 2.41 bits per heavy atom. The number of nitrogens with one attached hydrogen (secondary N) is 1. The molecule has 0 aliphatic rings. The van der Waals surface area contributed by atoms with Crippen LogP contribution >= 0.6 is 0 Å². The molecule has 0 bridgehead atoms. The van der Waals surface area contributed by atoms with E-state index >= 15 is 0 Å². The highest BCUT2D eigenvalue weighted by molar-refractivity contribution is 5.88. The topological polar surface area (TPSA) is 77.2 Å². The number of amides is 1. The van der Waals surface area contributed by atoms with Crippen LogP contribution in [-0.2, 0) is 11.0 Å². The van der Waals surface area contributed by atoms with Gasteiger partial charge in [-0.3, -0.25) is 10.1 Å². The van der Waals surface area contributed by atoms with Gasteiger partial charge in [0.05, 0.1) is 18.6 Å². The van der Waals surface area contributed by atoms with Gasteiger partial charge in [-0.05, 0) is 36.4 Å². The van der Waals surface area contributed by atoms with Crippen LogP contribution in [0.25, 0.3) is 11.5 Å². The molecule has 27 heavy (non-hydrogen) atoms. The first-order valence-corrected chi connectivity index (χ1v) is 7.90. The van der Waals surface area contributed by atoms with Gasteiger partial charge < -0.3 is 9.15 Å². The van der Waals surface area contributed by atoms with Gasteiger partial charge in [0, 0.05) is 5.56 Å². The Balaban J connectivity index is 1.53. The summed E-state index contributed by atoms with van der Waals surface area (Å²) in [6, 6.07) is 13.1. The van der Waals surface area contributed by atoms with Gasteiger partial charge >= 0.3 is 12.2 Å². The van der Waals surface area contributed by atoms with E-state index in [9.17, 15) is 18.0 Å². The summed E-state index contributed by atoms with van der Waals surface area (Å²) in [6.45, 7) is 0.162. The van der Waals surface area contributed by atoms with Crippen molar-refractivity contribution in [1.82, 2.24) is 10.2 Å². The lowest BCUT2D eigenvalue weighted by atomic mass is 10.1. The zero-order chi connectivity index (χ0) is 19.3. The zero-order valence-electron chi connectivity index (χ0n) is 13.9. The van der Waals surface area contributed by atoms with Crippen molar-refractivity contribution < 1.29 is 27.1 Å². The lowest BCUT2D eigenvalue weighted by molar-refractivity contribution is -0.137. The minimum absolute atomic E-state index is 0.000407. The Morgan fingerprint density at radius 2 is 1.74 bits per heavy atom. The third-order valence-electron chi connectivity index (χ3n) is 3.47. The molecule has 3 aromatic rings. The van der Waals surface area contributed by atoms with Gasteiger partial charge in [0.2, 0.25) is 11.8 Å². The number of anilines is 1. The Bertz CT molecular complexity index is 893. The number of halogens is 3. The van der Waals surface area contributed by atoms with Crippen molar-refractivity contribution >= 4 is 11.9 Å². The van der Waals surface area contributed by atoms with Crippen molar-refractivity contribution in [3.63, 3.8) is 0 Å². The predicted octanol–water partition coefficient (Wildman–Crippen LogP) is 4.16. The highest BCUT2D eigenvalue weighted by Gasteiger charge is 2.30. The molecule has 1 amide bonds. The lowest BCUT2D eigenvalue weighted by Crippen LogP contribution is -2.15. The first-order valence-electron chi connectivity index (χ1n) is 7.90. The maximum atomic E-state index is 12.6. The van der Waals surface area contributed by atoms with Gasteiger partial charge in [0.1, 0.15) is 5.75 Å². The summed E-state index contributed by atoms with van der Waals surface area (Å²) in [4.78, 5) is 11.9. The van der Waals surface area contributed by atoms with Crippen LogP contribution in [0.1, 0.15) is 12.0 Å². The molecule has 0 spiro atoms. The molecule has 0 unspecified atom stereocenters.